The molecule has 0 heterocycles. The summed E-state index contributed by atoms with van der Waals surface area (Å²) in [4.78, 5) is 0. The smallest absolute Gasteiger partial charge is 0.0778 e. The molecule has 0 aliphatic heterocycles. The van der Waals surface area contributed by atoms with Gasteiger partial charge < -0.3 is 10.1 Å². The van der Waals surface area contributed by atoms with E-state index in [0.717, 1.165) is 13.0 Å². The van der Waals surface area contributed by atoms with E-state index >= 15 is 0 Å². The summed E-state index contributed by atoms with van der Waals surface area (Å²) in [5, 5.41) is 3.50. The molecule has 2 nitrogen and oxygen atoms in total. The number of benzene rings is 1. The minimum absolute atomic E-state index is 0.147. The minimum Gasteiger partial charge on any atom is -0.377 e. The maximum atomic E-state index is 5.56. The largest absolute Gasteiger partial charge is 0.377 e. The number of rotatable bonds is 6. The van der Waals surface area contributed by atoms with Gasteiger partial charge in [-0.3, -0.25) is 0 Å². The highest BCUT2D eigenvalue weighted by Crippen LogP contribution is 2.17. The maximum Gasteiger partial charge on any atom is 0.0778 e. The summed E-state index contributed by atoms with van der Waals surface area (Å²) in [6.45, 7) is 7.35. The van der Waals surface area contributed by atoms with Gasteiger partial charge in [0.25, 0.3) is 0 Å². The summed E-state index contributed by atoms with van der Waals surface area (Å²) < 4.78 is 5.56. The van der Waals surface area contributed by atoms with Crippen LogP contribution in [0.1, 0.15) is 26.3 Å². The van der Waals surface area contributed by atoms with E-state index in [0.29, 0.717) is 6.04 Å². The van der Waals surface area contributed by atoms with Crippen molar-refractivity contribution in [2.75, 3.05) is 13.7 Å². The second-order valence-corrected chi connectivity index (χ2v) is 4.61. The first-order chi connectivity index (χ1) is 7.60. The lowest BCUT2D eigenvalue weighted by Gasteiger charge is -2.34. The number of hydrogen-bond acceptors (Lipinski definition) is 2. The zero-order valence-electron chi connectivity index (χ0n) is 10.8. The Labute approximate surface area is 99.0 Å². The normalized spacial score (nSPS) is 13.8. The van der Waals surface area contributed by atoms with E-state index in [2.05, 4.69) is 50.4 Å². The highest BCUT2D eigenvalue weighted by molar-refractivity contribution is 5.16. The van der Waals surface area contributed by atoms with Crippen molar-refractivity contribution in [2.45, 2.75) is 38.8 Å². The molecule has 0 saturated heterocycles. The van der Waals surface area contributed by atoms with Crippen LogP contribution in [-0.4, -0.2) is 25.3 Å². The Morgan fingerprint density at radius 2 is 1.88 bits per heavy atom. The van der Waals surface area contributed by atoms with Crippen LogP contribution < -0.4 is 5.32 Å². The molecule has 0 bridgehead atoms. The van der Waals surface area contributed by atoms with Crippen molar-refractivity contribution in [3.05, 3.63) is 35.9 Å². The van der Waals surface area contributed by atoms with Crippen LogP contribution in [0.3, 0.4) is 0 Å². The molecule has 0 spiro atoms. The molecule has 1 atom stereocenters. The highest BCUT2D eigenvalue weighted by atomic mass is 16.5. The Bertz CT molecular complexity index is 295. The van der Waals surface area contributed by atoms with E-state index in [9.17, 15) is 0 Å². The molecule has 90 valence electrons. The number of nitrogens with one attached hydrogen (secondary N) is 1. The van der Waals surface area contributed by atoms with E-state index in [1.165, 1.54) is 5.56 Å². The van der Waals surface area contributed by atoms with Crippen LogP contribution in [0, 0.1) is 0 Å². The van der Waals surface area contributed by atoms with E-state index < -0.39 is 0 Å². The molecule has 0 radical (unpaired) electrons. The molecule has 1 aromatic carbocycles. The summed E-state index contributed by atoms with van der Waals surface area (Å²) >= 11 is 0. The predicted molar refractivity (Wildman–Crippen MR) is 68.7 cm³/mol. The first-order valence-corrected chi connectivity index (χ1v) is 5.92. The van der Waals surface area contributed by atoms with Crippen molar-refractivity contribution in [3.8, 4) is 0 Å². The summed E-state index contributed by atoms with van der Waals surface area (Å²) in [6.07, 6.45) is 0.996. The molecule has 0 aromatic heterocycles. The molecule has 0 fully saturated rings. The van der Waals surface area contributed by atoms with Crippen LogP contribution in [0.25, 0.3) is 0 Å². The topological polar surface area (TPSA) is 21.3 Å². The number of ether oxygens (including phenoxy) is 1. The lowest BCUT2D eigenvalue weighted by Crippen LogP contribution is -2.49. The Morgan fingerprint density at radius 1 is 1.25 bits per heavy atom. The fraction of sp³-hybridized carbons (Fsp3) is 0.571. The average Bonchev–Trinajstić information content (AvgIpc) is 2.30. The second kappa shape index (κ2) is 6.02. The molecule has 0 saturated carbocycles. The highest BCUT2D eigenvalue weighted by Gasteiger charge is 2.28. The van der Waals surface area contributed by atoms with E-state index in [1.807, 2.05) is 6.07 Å². The van der Waals surface area contributed by atoms with Crippen molar-refractivity contribution in [1.82, 2.24) is 5.32 Å². The zero-order chi connectivity index (χ0) is 12.0. The molecule has 0 aliphatic rings. The molecule has 1 aromatic rings. The van der Waals surface area contributed by atoms with Gasteiger partial charge in [0.2, 0.25) is 0 Å². The maximum absolute atomic E-state index is 5.56. The van der Waals surface area contributed by atoms with Gasteiger partial charge in [-0.2, -0.15) is 0 Å². The van der Waals surface area contributed by atoms with E-state index in [-0.39, 0.29) is 5.60 Å². The number of hydrogen-bond donors (Lipinski definition) is 1. The first-order valence-electron chi connectivity index (χ1n) is 5.92. The van der Waals surface area contributed by atoms with Crippen LogP contribution in [0.5, 0.6) is 0 Å². The Kier molecular flexibility index (Phi) is 4.97. The molecule has 16 heavy (non-hydrogen) atoms. The number of methoxy groups -OCH3 is 1. The van der Waals surface area contributed by atoms with Gasteiger partial charge in [-0.05, 0) is 32.4 Å². The molecule has 1 unspecified atom stereocenters. The standard InChI is InChI=1S/C14H23NO/c1-5-15-13(14(2,3)16-4)11-12-9-7-6-8-10-12/h6-10,13,15H,5,11H2,1-4H3. The van der Waals surface area contributed by atoms with Gasteiger partial charge in [0.1, 0.15) is 0 Å². The van der Waals surface area contributed by atoms with Gasteiger partial charge >= 0.3 is 0 Å². The molecule has 1 N–H and O–H groups in total. The van der Waals surface area contributed by atoms with E-state index in [4.69, 9.17) is 4.74 Å². The first kappa shape index (κ1) is 13.2. The van der Waals surface area contributed by atoms with Crippen molar-refractivity contribution in [1.29, 1.82) is 0 Å². The quantitative estimate of drug-likeness (QED) is 0.797. The molecule has 0 amide bonds. The molecular weight excluding hydrogens is 198 g/mol. The van der Waals surface area contributed by atoms with Crippen LogP contribution in [-0.2, 0) is 11.2 Å². The lowest BCUT2D eigenvalue weighted by molar-refractivity contribution is -0.00960. The van der Waals surface area contributed by atoms with Gasteiger partial charge in [0, 0.05) is 13.2 Å². The van der Waals surface area contributed by atoms with Crippen molar-refractivity contribution in [2.24, 2.45) is 0 Å². The Hall–Kier alpha value is -0.860. The Morgan fingerprint density at radius 3 is 2.38 bits per heavy atom. The van der Waals surface area contributed by atoms with Gasteiger partial charge in [-0.25, -0.2) is 0 Å². The Balaban J connectivity index is 2.72. The molecule has 1 rings (SSSR count). The van der Waals surface area contributed by atoms with Gasteiger partial charge in [-0.15, -0.1) is 0 Å². The SMILES string of the molecule is CCNC(Cc1ccccc1)C(C)(C)OC. The van der Waals surface area contributed by atoms with Crippen molar-refractivity contribution >= 4 is 0 Å². The van der Waals surface area contributed by atoms with Gasteiger partial charge in [0.15, 0.2) is 0 Å². The second-order valence-electron chi connectivity index (χ2n) is 4.61. The summed E-state index contributed by atoms with van der Waals surface area (Å²) in [7, 11) is 1.77. The van der Waals surface area contributed by atoms with Crippen LogP contribution in [0.15, 0.2) is 30.3 Å². The predicted octanol–water partition coefficient (Wildman–Crippen LogP) is 2.63. The van der Waals surface area contributed by atoms with Crippen molar-refractivity contribution in [3.63, 3.8) is 0 Å². The summed E-state index contributed by atoms with van der Waals surface area (Å²) in [5.41, 5.74) is 1.20. The third kappa shape index (κ3) is 3.62. The van der Waals surface area contributed by atoms with Crippen LogP contribution in [0.4, 0.5) is 0 Å². The van der Waals surface area contributed by atoms with Crippen LogP contribution >= 0.6 is 0 Å². The summed E-state index contributed by atoms with van der Waals surface area (Å²) in [6, 6.07) is 10.9. The fourth-order valence-electron chi connectivity index (χ4n) is 1.80. The molecular formula is C14H23NO. The average molecular weight is 221 g/mol. The molecule has 0 aliphatic carbocycles. The third-order valence-electron chi connectivity index (χ3n) is 3.10. The zero-order valence-corrected chi connectivity index (χ0v) is 10.8. The molecule has 2 heteroatoms. The van der Waals surface area contributed by atoms with Crippen molar-refractivity contribution < 1.29 is 4.74 Å². The lowest BCUT2D eigenvalue weighted by atomic mass is 9.92. The summed E-state index contributed by atoms with van der Waals surface area (Å²) in [5.74, 6) is 0. The van der Waals surface area contributed by atoms with E-state index in [1.54, 1.807) is 7.11 Å². The monoisotopic (exact) mass is 221 g/mol. The van der Waals surface area contributed by atoms with Crippen LogP contribution in [0.2, 0.25) is 0 Å². The third-order valence-corrected chi connectivity index (χ3v) is 3.10. The van der Waals surface area contributed by atoms with Gasteiger partial charge in [-0.1, -0.05) is 37.3 Å². The van der Waals surface area contributed by atoms with Gasteiger partial charge in [0.05, 0.1) is 5.60 Å². The fourth-order valence-corrected chi connectivity index (χ4v) is 1.80. The number of likely N-dealkylation sites (N-methyl/N-ethyl adjacent to an activating group) is 1. The minimum atomic E-state index is -0.147.